The second-order valence-corrected chi connectivity index (χ2v) is 5.36. The van der Waals surface area contributed by atoms with Gasteiger partial charge in [-0.3, -0.25) is 0 Å². The number of hydrogen-bond acceptors (Lipinski definition) is 4. The van der Waals surface area contributed by atoms with Gasteiger partial charge in [-0.05, 0) is 50.7 Å². The highest BCUT2D eigenvalue weighted by Gasteiger charge is 2.19. The maximum Gasteiger partial charge on any atom is 0.225 e. The molecule has 1 aliphatic carbocycles. The van der Waals surface area contributed by atoms with E-state index in [1.807, 2.05) is 13.0 Å². The highest BCUT2D eigenvalue weighted by Crippen LogP contribution is 2.27. The normalized spacial score (nSPS) is 16.6. The van der Waals surface area contributed by atoms with E-state index in [1.54, 1.807) is 0 Å². The summed E-state index contributed by atoms with van der Waals surface area (Å²) in [6, 6.07) is 1.96. The quantitative estimate of drug-likeness (QED) is 0.375. The van der Waals surface area contributed by atoms with Crippen molar-refractivity contribution in [2.24, 2.45) is 10.9 Å². The van der Waals surface area contributed by atoms with Gasteiger partial charge < -0.3 is 15.7 Å². The van der Waals surface area contributed by atoms with Crippen molar-refractivity contribution in [3.63, 3.8) is 0 Å². The second-order valence-electron chi connectivity index (χ2n) is 5.36. The fourth-order valence-corrected chi connectivity index (χ4v) is 2.60. The zero-order valence-corrected chi connectivity index (χ0v) is 12.2. The fourth-order valence-electron chi connectivity index (χ4n) is 2.60. The number of aromatic nitrogens is 1. The lowest BCUT2D eigenvalue weighted by Crippen LogP contribution is -2.21. The van der Waals surface area contributed by atoms with Crippen LogP contribution in [0, 0.1) is 0 Å². The van der Waals surface area contributed by atoms with Gasteiger partial charge in [0.25, 0.3) is 0 Å². The largest absolute Gasteiger partial charge is 0.474 e. The van der Waals surface area contributed by atoms with Gasteiger partial charge in [-0.2, -0.15) is 0 Å². The Balaban J connectivity index is 2.36. The van der Waals surface area contributed by atoms with Crippen LogP contribution in [0.4, 0.5) is 0 Å². The molecule has 5 nitrogen and oxygen atoms in total. The molecular weight excluding hydrogens is 254 g/mol. The topological polar surface area (TPSA) is 80.7 Å². The predicted octanol–water partition coefficient (Wildman–Crippen LogP) is 2.62. The molecule has 0 radical (unpaired) electrons. The van der Waals surface area contributed by atoms with E-state index in [9.17, 15) is 0 Å². The van der Waals surface area contributed by atoms with Gasteiger partial charge in [-0.25, -0.2) is 4.98 Å². The zero-order chi connectivity index (χ0) is 14.5. The van der Waals surface area contributed by atoms with Crippen LogP contribution in [0.25, 0.3) is 0 Å². The Morgan fingerprint density at radius 3 is 2.95 bits per heavy atom. The van der Waals surface area contributed by atoms with Gasteiger partial charge >= 0.3 is 0 Å². The van der Waals surface area contributed by atoms with Crippen LogP contribution in [0.15, 0.2) is 11.2 Å². The first-order valence-electron chi connectivity index (χ1n) is 7.33. The number of pyridine rings is 1. The molecule has 1 aromatic heterocycles. The van der Waals surface area contributed by atoms with Crippen molar-refractivity contribution in [1.29, 1.82) is 0 Å². The van der Waals surface area contributed by atoms with E-state index < -0.39 is 0 Å². The van der Waals surface area contributed by atoms with E-state index in [4.69, 9.17) is 15.7 Å². The van der Waals surface area contributed by atoms with E-state index in [0.717, 1.165) is 44.2 Å². The van der Waals surface area contributed by atoms with Crippen molar-refractivity contribution >= 4 is 5.84 Å². The summed E-state index contributed by atoms with van der Waals surface area (Å²) in [5.74, 6) is 0.548. The van der Waals surface area contributed by atoms with Crippen LogP contribution in [0.5, 0.6) is 5.88 Å². The molecule has 1 heterocycles. The minimum absolute atomic E-state index is 0.0598. The van der Waals surface area contributed by atoms with Gasteiger partial charge in [-0.15, -0.1) is 0 Å². The second kappa shape index (κ2) is 6.59. The third kappa shape index (κ3) is 3.21. The van der Waals surface area contributed by atoms with Crippen LogP contribution in [-0.4, -0.2) is 22.1 Å². The molecule has 1 unspecified atom stereocenters. The van der Waals surface area contributed by atoms with Gasteiger partial charge in [0.05, 0.1) is 11.7 Å². The van der Waals surface area contributed by atoms with Gasteiger partial charge in [0.2, 0.25) is 5.88 Å². The molecule has 5 heteroatoms. The first-order valence-corrected chi connectivity index (χ1v) is 7.33. The number of ether oxygens (including phenoxy) is 1. The van der Waals surface area contributed by atoms with Gasteiger partial charge in [0.1, 0.15) is 0 Å². The third-order valence-corrected chi connectivity index (χ3v) is 3.66. The SMILES string of the molecule is CCCC(C)Oc1nc2c(cc1C(N)=NO)CCCC2. The summed E-state index contributed by atoms with van der Waals surface area (Å²) in [5.41, 5.74) is 8.63. The number of oxime groups is 1. The lowest BCUT2D eigenvalue weighted by atomic mass is 9.95. The lowest BCUT2D eigenvalue weighted by molar-refractivity contribution is 0.200. The van der Waals surface area contributed by atoms with Crippen LogP contribution >= 0.6 is 0 Å². The number of rotatable bonds is 5. The van der Waals surface area contributed by atoms with Crippen molar-refractivity contribution in [3.8, 4) is 5.88 Å². The summed E-state index contributed by atoms with van der Waals surface area (Å²) < 4.78 is 5.89. The first kappa shape index (κ1) is 14.6. The average Bonchev–Trinajstić information content (AvgIpc) is 2.46. The summed E-state index contributed by atoms with van der Waals surface area (Å²) in [6.45, 7) is 4.13. The van der Waals surface area contributed by atoms with Gasteiger partial charge in [0.15, 0.2) is 5.84 Å². The number of fused-ring (bicyclic) bond motifs is 1. The van der Waals surface area contributed by atoms with Crippen LogP contribution in [-0.2, 0) is 12.8 Å². The van der Waals surface area contributed by atoms with E-state index >= 15 is 0 Å². The highest BCUT2D eigenvalue weighted by molar-refractivity contribution is 5.99. The molecule has 1 aliphatic rings. The molecule has 110 valence electrons. The summed E-state index contributed by atoms with van der Waals surface area (Å²) in [4.78, 5) is 4.61. The number of aryl methyl sites for hydroxylation is 2. The molecule has 0 aromatic carbocycles. The van der Waals surface area contributed by atoms with Crippen LogP contribution in [0.2, 0.25) is 0 Å². The van der Waals surface area contributed by atoms with E-state index in [1.165, 1.54) is 5.56 Å². The summed E-state index contributed by atoms with van der Waals surface area (Å²) in [5, 5.41) is 12.0. The zero-order valence-electron chi connectivity index (χ0n) is 12.2. The summed E-state index contributed by atoms with van der Waals surface area (Å²) >= 11 is 0. The lowest BCUT2D eigenvalue weighted by Gasteiger charge is -2.20. The van der Waals surface area contributed by atoms with Crippen LogP contribution < -0.4 is 10.5 Å². The van der Waals surface area contributed by atoms with E-state index in [0.29, 0.717) is 11.4 Å². The Kier molecular flexibility index (Phi) is 4.82. The Hall–Kier alpha value is -1.78. The van der Waals surface area contributed by atoms with Crippen molar-refractivity contribution < 1.29 is 9.94 Å². The molecular formula is C15H23N3O2. The van der Waals surface area contributed by atoms with Gasteiger partial charge in [-0.1, -0.05) is 18.5 Å². The number of hydrogen-bond donors (Lipinski definition) is 2. The third-order valence-electron chi connectivity index (χ3n) is 3.66. The number of amidine groups is 1. The Morgan fingerprint density at radius 2 is 2.25 bits per heavy atom. The molecule has 0 saturated carbocycles. The van der Waals surface area contributed by atoms with Crippen molar-refractivity contribution in [3.05, 3.63) is 22.9 Å². The Morgan fingerprint density at radius 1 is 1.50 bits per heavy atom. The molecule has 1 atom stereocenters. The fraction of sp³-hybridized carbons (Fsp3) is 0.600. The molecule has 3 N–H and O–H groups in total. The molecule has 0 spiro atoms. The molecule has 0 bridgehead atoms. The Labute approximate surface area is 119 Å². The monoisotopic (exact) mass is 277 g/mol. The van der Waals surface area contributed by atoms with Crippen LogP contribution in [0.1, 0.15) is 56.4 Å². The predicted molar refractivity (Wildman–Crippen MR) is 78.4 cm³/mol. The maximum absolute atomic E-state index is 8.93. The molecule has 0 amide bonds. The van der Waals surface area contributed by atoms with Gasteiger partial charge in [0, 0.05) is 5.69 Å². The maximum atomic E-state index is 8.93. The van der Waals surface area contributed by atoms with E-state index in [-0.39, 0.29) is 11.9 Å². The molecule has 1 aromatic rings. The van der Waals surface area contributed by atoms with Crippen molar-refractivity contribution in [1.82, 2.24) is 4.98 Å². The minimum Gasteiger partial charge on any atom is -0.474 e. The van der Waals surface area contributed by atoms with E-state index in [2.05, 4.69) is 17.1 Å². The van der Waals surface area contributed by atoms with Crippen LogP contribution in [0.3, 0.4) is 0 Å². The summed E-state index contributed by atoms with van der Waals surface area (Å²) in [6.07, 6.45) is 6.37. The molecule has 20 heavy (non-hydrogen) atoms. The first-order chi connectivity index (χ1) is 9.65. The Bertz CT molecular complexity index is 500. The average molecular weight is 277 g/mol. The summed E-state index contributed by atoms with van der Waals surface area (Å²) in [7, 11) is 0. The standard InChI is InChI=1S/C15H23N3O2/c1-3-6-10(2)20-15-12(14(16)18-19)9-11-7-4-5-8-13(11)17-15/h9-10,19H,3-8H2,1-2H3,(H2,16,18). The number of nitrogens with zero attached hydrogens (tertiary/aromatic N) is 2. The van der Waals surface area contributed by atoms with Crippen molar-refractivity contribution in [2.45, 2.75) is 58.5 Å². The minimum atomic E-state index is 0.0598. The highest BCUT2D eigenvalue weighted by atomic mass is 16.5. The molecule has 2 rings (SSSR count). The molecule has 0 aliphatic heterocycles. The smallest absolute Gasteiger partial charge is 0.225 e. The van der Waals surface area contributed by atoms with Crippen molar-refractivity contribution in [2.75, 3.05) is 0 Å². The molecule has 0 saturated heterocycles. The molecule has 0 fully saturated rings. The number of nitrogens with two attached hydrogens (primary N) is 1.